The van der Waals surface area contributed by atoms with Gasteiger partial charge in [0.25, 0.3) is 0 Å². The van der Waals surface area contributed by atoms with Crippen LogP contribution < -0.4 is 5.32 Å². The third kappa shape index (κ3) is 5.80. The summed E-state index contributed by atoms with van der Waals surface area (Å²) in [6.07, 6.45) is 6.79. The summed E-state index contributed by atoms with van der Waals surface area (Å²) in [6.45, 7) is 2.45. The molecule has 0 bridgehead atoms. The number of benzene rings is 1. The highest BCUT2D eigenvalue weighted by atomic mass is 16.3. The third-order valence-corrected chi connectivity index (χ3v) is 4.77. The lowest BCUT2D eigenvalue weighted by molar-refractivity contribution is -0.122. The zero-order chi connectivity index (χ0) is 15.8. The molecule has 122 valence electrons. The second kappa shape index (κ2) is 8.94. The molecule has 1 aromatic rings. The van der Waals surface area contributed by atoms with Crippen molar-refractivity contribution in [3.63, 3.8) is 0 Å². The highest BCUT2D eigenvalue weighted by molar-refractivity contribution is 5.76. The summed E-state index contributed by atoms with van der Waals surface area (Å²) in [5.41, 5.74) is 1.34. The van der Waals surface area contributed by atoms with E-state index in [1.165, 1.54) is 5.56 Å². The van der Waals surface area contributed by atoms with E-state index in [9.17, 15) is 4.79 Å². The van der Waals surface area contributed by atoms with Crippen molar-refractivity contribution >= 4 is 5.91 Å². The Bertz CT molecular complexity index is 438. The monoisotopic (exact) mass is 303 g/mol. The van der Waals surface area contributed by atoms with E-state index in [1.54, 1.807) is 0 Å². The zero-order valence-electron chi connectivity index (χ0n) is 13.6. The van der Waals surface area contributed by atoms with Crippen LogP contribution in [0.5, 0.6) is 0 Å². The minimum atomic E-state index is 0.188. The number of aliphatic hydroxyl groups is 1. The van der Waals surface area contributed by atoms with Gasteiger partial charge in [0.15, 0.2) is 0 Å². The summed E-state index contributed by atoms with van der Waals surface area (Å²) in [4.78, 5) is 12.1. The fraction of sp³-hybridized carbons (Fsp3) is 0.632. The molecule has 3 nitrogen and oxygen atoms in total. The SMILES string of the molecule is CC(CCc1ccccc1)CC(=O)NC1CCC(CO)CC1. The molecule has 2 N–H and O–H groups in total. The van der Waals surface area contributed by atoms with Crippen LogP contribution in [-0.4, -0.2) is 23.7 Å². The highest BCUT2D eigenvalue weighted by Crippen LogP contribution is 2.24. The maximum Gasteiger partial charge on any atom is 0.220 e. The molecule has 1 aromatic carbocycles. The molecule has 2 rings (SSSR count). The fourth-order valence-electron chi connectivity index (χ4n) is 3.25. The maximum atomic E-state index is 12.1. The van der Waals surface area contributed by atoms with Crippen molar-refractivity contribution in [2.24, 2.45) is 11.8 Å². The zero-order valence-corrected chi connectivity index (χ0v) is 13.6. The van der Waals surface area contributed by atoms with Crippen LogP contribution in [-0.2, 0) is 11.2 Å². The van der Waals surface area contributed by atoms with E-state index in [0.29, 0.717) is 24.3 Å². The van der Waals surface area contributed by atoms with E-state index >= 15 is 0 Å². The molecule has 0 spiro atoms. The molecular weight excluding hydrogens is 274 g/mol. The van der Waals surface area contributed by atoms with Crippen molar-refractivity contribution in [2.75, 3.05) is 6.61 Å². The summed E-state index contributed by atoms with van der Waals surface area (Å²) in [6, 6.07) is 10.8. The number of carbonyl (C=O) groups excluding carboxylic acids is 1. The van der Waals surface area contributed by atoms with Crippen molar-refractivity contribution in [1.29, 1.82) is 0 Å². The molecule has 1 amide bonds. The van der Waals surface area contributed by atoms with Crippen molar-refractivity contribution < 1.29 is 9.90 Å². The average molecular weight is 303 g/mol. The smallest absolute Gasteiger partial charge is 0.220 e. The van der Waals surface area contributed by atoms with Crippen LogP contribution in [0, 0.1) is 11.8 Å². The summed E-state index contributed by atoms with van der Waals surface area (Å²) in [5, 5.41) is 12.3. The van der Waals surface area contributed by atoms with Gasteiger partial charge in [0.2, 0.25) is 5.91 Å². The van der Waals surface area contributed by atoms with Gasteiger partial charge in [0, 0.05) is 19.1 Å². The Kier molecular flexibility index (Phi) is 6.91. The lowest BCUT2D eigenvalue weighted by atomic mass is 9.86. The van der Waals surface area contributed by atoms with Crippen LogP contribution in [0.15, 0.2) is 30.3 Å². The molecule has 1 unspecified atom stereocenters. The number of aryl methyl sites for hydroxylation is 1. The third-order valence-electron chi connectivity index (χ3n) is 4.77. The van der Waals surface area contributed by atoms with Gasteiger partial charge in [-0.1, -0.05) is 37.3 Å². The van der Waals surface area contributed by atoms with E-state index in [2.05, 4.69) is 36.5 Å². The van der Waals surface area contributed by atoms with Gasteiger partial charge in [-0.3, -0.25) is 4.79 Å². The summed E-state index contributed by atoms with van der Waals surface area (Å²) < 4.78 is 0. The van der Waals surface area contributed by atoms with Crippen molar-refractivity contribution in [3.05, 3.63) is 35.9 Å². The van der Waals surface area contributed by atoms with Gasteiger partial charge < -0.3 is 10.4 Å². The average Bonchev–Trinajstić information content (AvgIpc) is 2.54. The first-order valence-electron chi connectivity index (χ1n) is 8.61. The van der Waals surface area contributed by atoms with Gasteiger partial charge in [0.1, 0.15) is 0 Å². The Morgan fingerprint density at radius 2 is 1.91 bits per heavy atom. The molecule has 1 aliphatic rings. The van der Waals surface area contributed by atoms with Crippen LogP contribution in [0.2, 0.25) is 0 Å². The predicted molar refractivity (Wildman–Crippen MR) is 89.5 cm³/mol. The van der Waals surface area contributed by atoms with Crippen molar-refractivity contribution in [1.82, 2.24) is 5.32 Å². The molecule has 1 saturated carbocycles. The minimum absolute atomic E-state index is 0.188. The largest absolute Gasteiger partial charge is 0.396 e. The van der Waals surface area contributed by atoms with Crippen molar-refractivity contribution in [3.8, 4) is 0 Å². The number of hydrogen-bond acceptors (Lipinski definition) is 2. The standard InChI is InChI=1S/C19H29NO2/c1-15(7-8-16-5-3-2-4-6-16)13-19(22)20-18-11-9-17(14-21)10-12-18/h2-6,15,17-18,21H,7-14H2,1H3,(H,20,22). The molecular formula is C19H29NO2. The Hall–Kier alpha value is -1.35. The van der Waals surface area contributed by atoms with Gasteiger partial charge >= 0.3 is 0 Å². The van der Waals surface area contributed by atoms with Crippen LogP contribution in [0.3, 0.4) is 0 Å². The number of amides is 1. The highest BCUT2D eigenvalue weighted by Gasteiger charge is 2.22. The maximum absolute atomic E-state index is 12.1. The number of rotatable bonds is 7. The summed E-state index contributed by atoms with van der Waals surface area (Å²) in [5.74, 6) is 1.04. The first-order chi connectivity index (χ1) is 10.7. The quantitative estimate of drug-likeness (QED) is 0.812. The van der Waals surface area contributed by atoms with Gasteiger partial charge in [-0.2, -0.15) is 0 Å². The lowest BCUT2D eigenvalue weighted by Crippen LogP contribution is -2.38. The minimum Gasteiger partial charge on any atom is -0.396 e. The Balaban J connectivity index is 1.64. The molecule has 22 heavy (non-hydrogen) atoms. The Morgan fingerprint density at radius 3 is 2.55 bits per heavy atom. The van der Waals surface area contributed by atoms with Crippen LogP contribution >= 0.6 is 0 Å². The summed E-state index contributed by atoms with van der Waals surface area (Å²) in [7, 11) is 0. The Labute approximate surface area is 134 Å². The van der Waals surface area contributed by atoms with Crippen LogP contribution in [0.4, 0.5) is 0 Å². The van der Waals surface area contributed by atoms with Crippen LogP contribution in [0.25, 0.3) is 0 Å². The molecule has 0 aromatic heterocycles. The molecule has 1 atom stereocenters. The molecule has 0 heterocycles. The number of nitrogens with one attached hydrogen (secondary N) is 1. The van der Waals surface area contributed by atoms with Crippen LogP contribution in [0.1, 0.15) is 51.0 Å². The molecule has 1 fully saturated rings. The van der Waals surface area contributed by atoms with E-state index in [4.69, 9.17) is 5.11 Å². The molecule has 0 saturated heterocycles. The van der Waals surface area contributed by atoms with Gasteiger partial charge in [0.05, 0.1) is 0 Å². The van der Waals surface area contributed by atoms with E-state index in [1.807, 2.05) is 6.07 Å². The second-order valence-corrected chi connectivity index (χ2v) is 6.80. The van der Waals surface area contributed by atoms with E-state index in [-0.39, 0.29) is 12.5 Å². The summed E-state index contributed by atoms with van der Waals surface area (Å²) >= 11 is 0. The van der Waals surface area contributed by atoms with Gasteiger partial charge in [-0.05, 0) is 55.9 Å². The van der Waals surface area contributed by atoms with Gasteiger partial charge in [-0.25, -0.2) is 0 Å². The molecule has 3 heteroatoms. The normalized spacial score (nSPS) is 23.0. The Morgan fingerprint density at radius 1 is 1.23 bits per heavy atom. The van der Waals surface area contributed by atoms with Gasteiger partial charge in [-0.15, -0.1) is 0 Å². The van der Waals surface area contributed by atoms with Crippen molar-refractivity contribution in [2.45, 2.75) is 57.9 Å². The van der Waals surface area contributed by atoms with E-state index in [0.717, 1.165) is 38.5 Å². The topological polar surface area (TPSA) is 49.3 Å². The predicted octanol–water partition coefficient (Wildman–Crippen LogP) is 3.31. The number of carbonyl (C=O) groups is 1. The number of hydrogen-bond donors (Lipinski definition) is 2. The molecule has 0 radical (unpaired) electrons. The molecule has 0 aliphatic heterocycles. The first-order valence-corrected chi connectivity index (χ1v) is 8.61. The molecule has 1 aliphatic carbocycles. The lowest BCUT2D eigenvalue weighted by Gasteiger charge is -2.28. The number of aliphatic hydroxyl groups excluding tert-OH is 1. The fourth-order valence-corrected chi connectivity index (χ4v) is 3.25. The first kappa shape index (κ1) is 17.0. The van der Waals surface area contributed by atoms with E-state index < -0.39 is 0 Å². The second-order valence-electron chi connectivity index (χ2n) is 6.80.